The third-order valence-corrected chi connectivity index (χ3v) is 6.52. The van der Waals surface area contributed by atoms with E-state index in [1.807, 2.05) is 30.3 Å². The van der Waals surface area contributed by atoms with Crippen molar-refractivity contribution in [2.45, 2.75) is 39.4 Å². The second-order valence-electron chi connectivity index (χ2n) is 6.82. The Hall–Kier alpha value is -1.53. The maximum atomic E-state index is 9.72. The SMILES string of the molecule is Cc1cc(OC2CCS(O)(O)CC2)cc(C)c1-c1cccc(CO)c1. The molecule has 1 fully saturated rings. The molecule has 0 amide bonds. The minimum atomic E-state index is -2.37. The molecule has 1 aliphatic heterocycles. The Morgan fingerprint density at radius 2 is 1.68 bits per heavy atom. The third-order valence-electron chi connectivity index (χ3n) is 4.74. The number of ether oxygens (including phenoxy) is 1. The monoisotopic (exact) mass is 362 g/mol. The molecule has 3 rings (SSSR count). The smallest absolute Gasteiger partial charge is 0.120 e. The van der Waals surface area contributed by atoms with Gasteiger partial charge in [0.2, 0.25) is 0 Å². The van der Waals surface area contributed by atoms with Crippen molar-refractivity contribution < 1.29 is 18.9 Å². The van der Waals surface area contributed by atoms with Crippen molar-refractivity contribution in [3.8, 4) is 16.9 Å². The second-order valence-corrected chi connectivity index (χ2v) is 9.24. The minimum Gasteiger partial charge on any atom is -0.490 e. The van der Waals surface area contributed by atoms with E-state index in [1.54, 1.807) is 0 Å². The van der Waals surface area contributed by atoms with Crippen LogP contribution in [0.5, 0.6) is 5.75 Å². The molecule has 1 saturated heterocycles. The first-order chi connectivity index (χ1) is 11.9. The van der Waals surface area contributed by atoms with Gasteiger partial charge in [-0.25, -0.2) is 0 Å². The predicted molar refractivity (Wildman–Crippen MR) is 104 cm³/mol. The molecule has 136 valence electrons. The summed E-state index contributed by atoms with van der Waals surface area (Å²) >= 11 is 0. The Kier molecular flexibility index (Phi) is 5.39. The molecular weight excluding hydrogens is 336 g/mol. The summed E-state index contributed by atoms with van der Waals surface area (Å²) in [5.41, 5.74) is 5.42. The first kappa shape index (κ1) is 18.3. The van der Waals surface area contributed by atoms with E-state index in [9.17, 15) is 14.2 Å². The molecule has 1 heterocycles. The molecule has 0 saturated carbocycles. The molecule has 2 aromatic rings. The first-order valence-electron chi connectivity index (χ1n) is 8.59. The zero-order valence-corrected chi connectivity index (χ0v) is 15.6. The van der Waals surface area contributed by atoms with Crippen molar-refractivity contribution in [3.63, 3.8) is 0 Å². The molecule has 5 heteroatoms. The van der Waals surface area contributed by atoms with Gasteiger partial charge >= 0.3 is 0 Å². The lowest BCUT2D eigenvalue weighted by Gasteiger charge is -2.39. The van der Waals surface area contributed by atoms with Crippen molar-refractivity contribution in [3.05, 3.63) is 53.1 Å². The van der Waals surface area contributed by atoms with Crippen molar-refractivity contribution in [1.29, 1.82) is 0 Å². The van der Waals surface area contributed by atoms with E-state index in [0.717, 1.165) is 28.0 Å². The maximum Gasteiger partial charge on any atom is 0.120 e. The molecule has 1 aliphatic rings. The summed E-state index contributed by atoms with van der Waals surface area (Å²) in [6.07, 6.45) is 1.41. The molecular formula is C20H26O4S. The Morgan fingerprint density at radius 1 is 1.04 bits per heavy atom. The standard InChI is InChI=1S/C20H26O4S/c1-14-10-19(24-18-6-8-25(22,23)9-7-18)11-15(2)20(14)17-5-3-4-16(12-17)13-21/h3-5,10-12,18,21-23H,6-9,13H2,1-2H3. The van der Waals surface area contributed by atoms with Gasteiger partial charge in [-0.1, -0.05) is 18.2 Å². The number of benzene rings is 2. The number of aliphatic hydroxyl groups is 1. The third kappa shape index (κ3) is 4.36. The van der Waals surface area contributed by atoms with Gasteiger partial charge in [-0.3, -0.25) is 9.11 Å². The lowest BCUT2D eigenvalue weighted by atomic mass is 9.94. The van der Waals surface area contributed by atoms with Crippen molar-refractivity contribution in [1.82, 2.24) is 0 Å². The Morgan fingerprint density at radius 3 is 2.28 bits per heavy atom. The van der Waals surface area contributed by atoms with Gasteiger partial charge in [0, 0.05) is 24.3 Å². The molecule has 0 radical (unpaired) electrons. The number of aryl methyl sites for hydroxylation is 2. The lowest BCUT2D eigenvalue weighted by molar-refractivity contribution is 0.186. The summed E-state index contributed by atoms with van der Waals surface area (Å²) < 4.78 is 25.5. The van der Waals surface area contributed by atoms with Gasteiger partial charge < -0.3 is 9.84 Å². The molecule has 0 bridgehead atoms. The van der Waals surface area contributed by atoms with Crippen LogP contribution in [0.2, 0.25) is 0 Å². The van der Waals surface area contributed by atoms with Gasteiger partial charge in [0.25, 0.3) is 0 Å². The van der Waals surface area contributed by atoms with Gasteiger partial charge in [-0.05, 0) is 59.9 Å². The van der Waals surface area contributed by atoms with Crippen LogP contribution in [0.15, 0.2) is 36.4 Å². The fraction of sp³-hybridized carbons (Fsp3) is 0.400. The highest BCUT2D eigenvalue weighted by atomic mass is 32.3. The van der Waals surface area contributed by atoms with Gasteiger partial charge in [0.05, 0.1) is 6.61 Å². The zero-order chi connectivity index (χ0) is 18.0. The van der Waals surface area contributed by atoms with E-state index in [0.29, 0.717) is 24.3 Å². The van der Waals surface area contributed by atoms with Gasteiger partial charge in [-0.15, -0.1) is 0 Å². The zero-order valence-electron chi connectivity index (χ0n) is 14.7. The lowest BCUT2D eigenvalue weighted by Crippen LogP contribution is -2.28. The Balaban J connectivity index is 1.81. The molecule has 25 heavy (non-hydrogen) atoms. The predicted octanol–water partition coefficient (Wildman–Crippen LogP) is 4.75. The summed E-state index contributed by atoms with van der Waals surface area (Å²) in [6.45, 7) is 4.17. The van der Waals surface area contributed by atoms with Crippen LogP contribution in [0.3, 0.4) is 0 Å². The number of hydrogen-bond acceptors (Lipinski definition) is 4. The number of rotatable bonds is 4. The van der Waals surface area contributed by atoms with Crippen molar-refractivity contribution in [2.75, 3.05) is 11.5 Å². The van der Waals surface area contributed by atoms with Gasteiger partial charge in [-0.2, -0.15) is 10.6 Å². The van der Waals surface area contributed by atoms with Gasteiger partial charge in [0.1, 0.15) is 11.9 Å². The van der Waals surface area contributed by atoms with E-state index in [2.05, 4.69) is 19.9 Å². The quantitative estimate of drug-likeness (QED) is 0.734. The molecule has 0 atom stereocenters. The summed E-state index contributed by atoms with van der Waals surface area (Å²) in [7, 11) is -2.37. The second kappa shape index (κ2) is 7.38. The largest absolute Gasteiger partial charge is 0.490 e. The van der Waals surface area contributed by atoms with Crippen molar-refractivity contribution >= 4 is 10.6 Å². The fourth-order valence-corrected chi connectivity index (χ4v) is 4.95. The molecule has 3 N–H and O–H groups in total. The van der Waals surface area contributed by atoms with Crippen LogP contribution in [0, 0.1) is 13.8 Å². The molecule has 0 aliphatic carbocycles. The van der Waals surface area contributed by atoms with E-state index in [4.69, 9.17) is 4.74 Å². The van der Waals surface area contributed by atoms with Gasteiger partial charge in [0.15, 0.2) is 0 Å². The molecule has 4 nitrogen and oxygen atoms in total. The fourth-order valence-electron chi connectivity index (χ4n) is 3.47. The maximum absolute atomic E-state index is 9.72. The van der Waals surface area contributed by atoms with E-state index in [-0.39, 0.29) is 12.7 Å². The van der Waals surface area contributed by atoms with Crippen LogP contribution >= 0.6 is 10.6 Å². The highest BCUT2D eigenvalue weighted by molar-refractivity contribution is 8.24. The average molecular weight is 362 g/mol. The highest BCUT2D eigenvalue weighted by Crippen LogP contribution is 2.44. The summed E-state index contributed by atoms with van der Waals surface area (Å²) in [4.78, 5) is 0. The first-order valence-corrected chi connectivity index (χ1v) is 10.5. The van der Waals surface area contributed by atoms with E-state index >= 15 is 0 Å². The molecule has 2 aromatic carbocycles. The highest BCUT2D eigenvalue weighted by Gasteiger charge is 2.25. The average Bonchev–Trinajstić information content (AvgIpc) is 2.56. The minimum absolute atomic E-state index is 0.0357. The Bertz CT molecular complexity index is 724. The summed E-state index contributed by atoms with van der Waals surface area (Å²) in [5.74, 6) is 1.70. The number of aliphatic hydroxyl groups excluding tert-OH is 1. The number of hydrogen-bond donors (Lipinski definition) is 3. The molecule has 0 spiro atoms. The molecule has 0 aromatic heterocycles. The molecule has 0 unspecified atom stereocenters. The van der Waals surface area contributed by atoms with Crippen LogP contribution < -0.4 is 4.74 Å². The van der Waals surface area contributed by atoms with Crippen LogP contribution in [0.25, 0.3) is 11.1 Å². The summed E-state index contributed by atoms with van der Waals surface area (Å²) in [5, 5.41) is 9.36. The van der Waals surface area contributed by atoms with E-state index in [1.165, 1.54) is 5.56 Å². The van der Waals surface area contributed by atoms with Crippen LogP contribution in [0.1, 0.15) is 29.5 Å². The van der Waals surface area contributed by atoms with Crippen molar-refractivity contribution in [2.24, 2.45) is 0 Å². The topological polar surface area (TPSA) is 69.9 Å². The Labute approximate surface area is 150 Å². The van der Waals surface area contributed by atoms with Crippen LogP contribution in [-0.4, -0.2) is 31.8 Å². The normalized spacial score (nSPS) is 18.8. The van der Waals surface area contributed by atoms with Crippen LogP contribution in [0.4, 0.5) is 0 Å². The summed E-state index contributed by atoms with van der Waals surface area (Å²) in [6, 6.07) is 12.0. The van der Waals surface area contributed by atoms with E-state index < -0.39 is 10.6 Å². The van der Waals surface area contributed by atoms with Crippen LogP contribution in [-0.2, 0) is 6.61 Å².